The Balaban J connectivity index is 1.64. The molecule has 0 aliphatic carbocycles. The molecular formula is C16H13N5O2S3. The Morgan fingerprint density at radius 3 is 2.58 bits per heavy atom. The van der Waals surface area contributed by atoms with Gasteiger partial charge in [-0.25, -0.2) is 18.2 Å². The van der Waals surface area contributed by atoms with Gasteiger partial charge in [-0.05, 0) is 36.5 Å². The molecule has 4 aromatic rings. The number of para-hydroxylation sites is 1. The van der Waals surface area contributed by atoms with Crippen LogP contribution in [0.1, 0.15) is 0 Å². The van der Waals surface area contributed by atoms with Crippen molar-refractivity contribution in [2.45, 2.75) is 11.6 Å². The Morgan fingerprint density at radius 1 is 1.12 bits per heavy atom. The number of sulfonamides is 1. The average molecular weight is 404 g/mol. The van der Waals surface area contributed by atoms with E-state index in [-0.39, 0.29) is 4.90 Å². The second kappa shape index (κ2) is 6.40. The smallest absolute Gasteiger partial charge is 0.238 e. The third-order valence-corrected chi connectivity index (χ3v) is 6.24. The highest BCUT2D eigenvalue weighted by atomic mass is 32.2. The van der Waals surface area contributed by atoms with Crippen LogP contribution in [0.2, 0.25) is 0 Å². The van der Waals surface area contributed by atoms with Crippen LogP contribution >= 0.6 is 23.6 Å². The number of nitrogens with zero attached hydrogens (tertiary/aromatic N) is 4. The monoisotopic (exact) mass is 403 g/mol. The maximum atomic E-state index is 11.3. The van der Waals surface area contributed by atoms with Crippen LogP contribution in [0.4, 0.5) is 0 Å². The van der Waals surface area contributed by atoms with Gasteiger partial charge in [0.15, 0.2) is 3.95 Å². The second-order valence-electron chi connectivity index (χ2n) is 5.62. The van der Waals surface area contributed by atoms with Crippen LogP contribution in [-0.4, -0.2) is 28.0 Å². The second-order valence-corrected chi connectivity index (χ2v) is 8.85. The predicted octanol–water partition coefficient (Wildman–Crippen LogP) is 2.84. The van der Waals surface area contributed by atoms with Gasteiger partial charge in [-0.3, -0.25) is 0 Å². The Bertz CT molecular complexity index is 1250. The zero-order chi connectivity index (χ0) is 18.3. The molecule has 0 aliphatic heterocycles. The Hall–Kier alpha value is -2.40. The van der Waals surface area contributed by atoms with Gasteiger partial charge in [0.05, 0.1) is 21.3 Å². The first-order chi connectivity index (χ1) is 12.4. The lowest BCUT2D eigenvalue weighted by Crippen LogP contribution is -2.11. The fourth-order valence-corrected chi connectivity index (χ4v) is 4.43. The summed E-state index contributed by atoms with van der Waals surface area (Å²) < 4.78 is 28.2. The molecule has 0 saturated heterocycles. The molecule has 26 heavy (non-hydrogen) atoms. The van der Waals surface area contributed by atoms with E-state index < -0.39 is 10.0 Å². The number of fused-ring (bicyclic) bond motifs is 1. The molecule has 0 unspecified atom stereocenters. The highest BCUT2D eigenvalue weighted by Crippen LogP contribution is 2.23. The molecule has 0 aliphatic rings. The van der Waals surface area contributed by atoms with Gasteiger partial charge in [-0.2, -0.15) is 0 Å². The molecule has 0 atom stereocenters. The summed E-state index contributed by atoms with van der Waals surface area (Å²) in [4.78, 5) is 0.0599. The van der Waals surface area contributed by atoms with Crippen molar-refractivity contribution in [3.63, 3.8) is 0 Å². The molecule has 2 heterocycles. The van der Waals surface area contributed by atoms with E-state index >= 15 is 0 Å². The van der Waals surface area contributed by atoms with Gasteiger partial charge in [0.25, 0.3) is 0 Å². The van der Waals surface area contributed by atoms with Crippen molar-refractivity contribution in [2.75, 3.05) is 0 Å². The van der Waals surface area contributed by atoms with Crippen LogP contribution in [0.15, 0.2) is 59.6 Å². The van der Waals surface area contributed by atoms with Gasteiger partial charge >= 0.3 is 0 Å². The fraction of sp³-hybridized carbons (Fsp3) is 0.0625. The molecule has 0 bridgehead atoms. The average Bonchev–Trinajstić information content (AvgIpc) is 3.20. The third-order valence-electron chi connectivity index (χ3n) is 3.88. The number of thiazole rings is 1. The summed E-state index contributed by atoms with van der Waals surface area (Å²) in [5.41, 5.74) is 2.44. The number of hydrogen-bond acceptors (Lipinski definition) is 6. The lowest BCUT2D eigenvalue weighted by Gasteiger charge is -2.04. The molecular weight excluding hydrogens is 390 g/mol. The molecule has 0 fully saturated rings. The van der Waals surface area contributed by atoms with E-state index in [0.29, 0.717) is 12.4 Å². The summed E-state index contributed by atoms with van der Waals surface area (Å²) in [6.07, 6.45) is 1.79. The van der Waals surface area contributed by atoms with Crippen LogP contribution in [0.25, 0.3) is 21.5 Å². The summed E-state index contributed by atoms with van der Waals surface area (Å²) in [6, 6.07) is 14.2. The standard InChI is InChI=1S/C16H13N5O2S3/c17-26(22,23)12-7-5-11(6-8-12)13-9-20(19-18-13)10-21-14-3-1-2-4-15(14)25-16(21)24/h1-9H,10H2,(H2,17,22,23). The van der Waals surface area contributed by atoms with E-state index in [1.807, 2.05) is 28.8 Å². The Kier molecular flexibility index (Phi) is 4.19. The van der Waals surface area contributed by atoms with E-state index in [1.165, 1.54) is 12.1 Å². The number of benzene rings is 2. The van der Waals surface area contributed by atoms with E-state index in [4.69, 9.17) is 17.4 Å². The van der Waals surface area contributed by atoms with Crippen LogP contribution in [0.5, 0.6) is 0 Å². The molecule has 7 nitrogen and oxygen atoms in total. The molecule has 2 N–H and O–H groups in total. The maximum Gasteiger partial charge on any atom is 0.238 e. The van der Waals surface area contributed by atoms with Crippen molar-refractivity contribution in [2.24, 2.45) is 5.14 Å². The zero-order valence-corrected chi connectivity index (χ0v) is 15.8. The first kappa shape index (κ1) is 17.0. The molecule has 2 aromatic heterocycles. The van der Waals surface area contributed by atoms with Crippen molar-refractivity contribution in [1.82, 2.24) is 19.6 Å². The van der Waals surface area contributed by atoms with Gasteiger partial charge in [0.1, 0.15) is 12.4 Å². The predicted molar refractivity (Wildman–Crippen MR) is 103 cm³/mol. The van der Waals surface area contributed by atoms with Crippen molar-refractivity contribution in [3.8, 4) is 11.3 Å². The summed E-state index contributed by atoms with van der Waals surface area (Å²) >= 11 is 7.01. The van der Waals surface area contributed by atoms with Crippen molar-refractivity contribution < 1.29 is 8.42 Å². The molecule has 2 aromatic carbocycles. The quantitative estimate of drug-likeness (QED) is 0.529. The third kappa shape index (κ3) is 3.19. The normalized spacial score (nSPS) is 11.9. The number of hydrogen-bond donors (Lipinski definition) is 1. The lowest BCUT2D eigenvalue weighted by atomic mass is 10.2. The van der Waals surface area contributed by atoms with Crippen molar-refractivity contribution in [1.29, 1.82) is 0 Å². The first-order valence-electron chi connectivity index (χ1n) is 7.53. The molecule has 4 rings (SSSR count). The Labute approximate surface area is 158 Å². The van der Waals surface area contributed by atoms with Crippen molar-refractivity contribution >= 4 is 43.8 Å². The van der Waals surface area contributed by atoms with E-state index in [1.54, 1.807) is 34.3 Å². The number of aromatic nitrogens is 4. The van der Waals surface area contributed by atoms with Crippen LogP contribution in [-0.2, 0) is 16.7 Å². The van der Waals surface area contributed by atoms with Crippen LogP contribution in [0, 0.1) is 3.95 Å². The molecule has 0 saturated carbocycles. The summed E-state index contributed by atoms with van der Waals surface area (Å²) in [5, 5.41) is 13.4. The SMILES string of the molecule is NS(=O)(=O)c1ccc(-c2cn(Cn3c(=S)sc4ccccc43)nn2)cc1. The van der Waals surface area contributed by atoms with Gasteiger partial charge < -0.3 is 4.57 Å². The van der Waals surface area contributed by atoms with E-state index in [2.05, 4.69) is 10.3 Å². The summed E-state index contributed by atoms with van der Waals surface area (Å²) in [7, 11) is -3.71. The topological polar surface area (TPSA) is 95.8 Å². The zero-order valence-electron chi connectivity index (χ0n) is 13.3. The minimum Gasteiger partial charge on any atom is -0.303 e. The largest absolute Gasteiger partial charge is 0.303 e. The highest BCUT2D eigenvalue weighted by Gasteiger charge is 2.10. The summed E-state index contributed by atoms with van der Waals surface area (Å²) in [6.45, 7) is 0.450. The van der Waals surface area contributed by atoms with Gasteiger partial charge in [0.2, 0.25) is 10.0 Å². The fourth-order valence-electron chi connectivity index (χ4n) is 2.61. The number of nitrogens with two attached hydrogens (primary N) is 1. The van der Waals surface area contributed by atoms with Crippen LogP contribution < -0.4 is 5.14 Å². The number of primary sulfonamides is 1. The molecule has 0 spiro atoms. The van der Waals surface area contributed by atoms with Gasteiger partial charge in [-0.15, -0.1) is 16.4 Å². The molecule has 0 amide bonds. The minimum absolute atomic E-state index is 0.0599. The molecule has 0 radical (unpaired) electrons. The van der Waals surface area contributed by atoms with Gasteiger partial charge in [-0.1, -0.05) is 29.5 Å². The van der Waals surface area contributed by atoms with Crippen molar-refractivity contribution in [3.05, 3.63) is 58.7 Å². The first-order valence-corrected chi connectivity index (χ1v) is 10.3. The minimum atomic E-state index is -3.71. The van der Waals surface area contributed by atoms with E-state index in [0.717, 1.165) is 19.7 Å². The van der Waals surface area contributed by atoms with E-state index in [9.17, 15) is 8.42 Å². The Morgan fingerprint density at radius 2 is 1.85 bits per heavy atom. The maximum absolute atomic E-state index is 11.3. The van der Waals surface area contributed by atoms with Gasteiger partial charge in [0, 0.05) is 5.56 Å². The lowest BCUT2D eigenvalue weighted by molar-refractivity contribution is 0.541. The highest BCUT2D eigenvalue weighted by molar-refractivity contribution is 7.89. The molecule has 10 heteroatoms. The van der Waals surface area contributed by atoms with Crippen LogP contribution in [0.3, 0.4) is 0 Å². The number of rotatable bonds is 4. The molecule has 132 valence electrons. The summed E-state index contributed by atoms with van der Waals surface area (Å²) in [5.74, 6) is 0.